The molecule has 7 heteroatoms. The molecule has 0 aliphatic heterocycles. The van der Waals surface area contributed by atoms with Gasteiger partial charge in [0, 0.05) is 26.3 Å². The van der Waals surface area contributed by atoms with Crippen molar-refractivity contribution in [3.63, 3.8) is 0 Å². The van der Waals surface area contributed by atoms with Gasteiger partial charge in [0.1, 0.15) is 0 Å². The number of hydrogen-bond donors (Lipinski definition) is 1. The summed E-state index contributed by atoms with van der Waals surface area (Å²) in [6.07, 6.45) is 1.59. The SMILES string of the molecule is CNCc1ccc(S(=O)(=O)N(C)Cc2ccsc2)nc1. The summed E-state index contributed by atoms with van der Waals surface area (Å²) < 4.78 is 26.1. The summed E-state index contributed by atoms with van der Waals surface area (Å²) in [5, 5.41) is 6.95. The Labute approximate surface area is 123 Å². The zero-order valence-electron chi connectivity index (χ0n) is 11.4. The lowest BCUT2D eigenvalue weighted by Gasteiger charge is -2.16. The Bertz CT molecular complexity index is 637. The minimum atomic E-state index is -3.54. The molecule has 0 aromatic carbocycles. The molecule has 1 N–H and O–H groups in total. The van der Waals surface area contributed by atoms with Crippen LogP contribution < -0.4 is 5.32 Å². The monoisotopic (exact) mass is 311 g/mol. The van der Waals surface area contributed by atoms with Gasteiger partial charge >= 0.3 is 0 Å². The van der Waals surface area contributed by atoms with Crippen LogP contribution in [0.25, 0.3) is 0 Å². The average Bonchev–Trinajstić information content (AvgIpc) is 2.92. The maximum Gasteiger partial charge on any atom is 0.260 e. The van der Waals surface area contributed by atoms with Crippen molar-refractivity contribution in [1.29, 1.82) is 0 Å². The summed E-state index contributed by atoms with van der Waals surface area (Å²) >= 11 is 1.55. The first-order valence-corrected chi connectivity index (χ1v) is 8.49. The molecule has 0 aliphatic carbocycles. The molecule has 0 saturated carbocycles. The van der Waals surface area contributed by atoms with Crippen LogP contribution in [0.4, 0.5) is 0 Å². The summed E-state index contributed by atoms with van der Waals surface area (Å²) in [6.45, 7) is 1.02. The lowest BCUT2D eigenvalue weighted by atomic mass is 10.3. The molecule has 0 fully saturated rings. The van der Waals surface area contributed by atoms with Crippen molar-refractivity contribution in [2.24, 2.45) is 0 Å². The number of sulfonamides is 1. The second kappa shape index (κ2) is 6.45. The summed E-state index contributed by atoms with van der Waals surface area (Å²) in [7, 11) is -0.142. The Kier molecular flexibility index (Phi) is 4.87. The van der Waals surface area contributed by atoms with Gasteiger partial charge in [0.2, 0.25) is 0 Å². The Morgan fingerprint density at radius 2 is 2.10 bits per heavy atom. The Balaban J connectivity index is 2.16. The Hall–Kier alpha value is -1.28. The fraction of sp³-hybridized carbons (Fsp3) is 0.308. The smallest absolute Gasteiger partial charge is 0.260 e. The molecule has 0 saturated heterocycles. The standard InChI is InChI=1S/C13H17N3O2S2/c1-14-7-11-3-4-13(15-8-11)20(17,18)16(2)9-12-5-6-19-10-12/h3-6,8,10,14H,7,9H2,1-2H3. The first kappa shape index (κ1) is 15.1. The topological polar surface area (TPSA) is 62.3 Å². The van der Waals surface area contributed by atoms with Crippen LogP contribution in [-0.4, -0.2) is 31.8 Å². The van der Waals surface area contributed by atoms with Crippen molar-refractivity contribution < 1.29 is 8.42 Å². The van der Waals surface area contributed by atoms with Gasteiger partial charge in [-0.3, -0.25) is 0 Å². The van der Waals surface area contributed by atoms with Crippen molar-refractivity contribution >= 4 is 21.4 Å². The molecule has 0 unspecified atom stereocenters. The summed E-state index contributed by atoms with van der Waals surface area (Å²) in [4.78, 5) is 4.05. The predicted molar refractivity (Wildman–Crippen MR) is 80.0 cm³/mol. The summed E-state index contributed by atoms with van der Waals surface area (Å²) in [5.74, 6) is 0. The first-order chi connectivity index (χ1) is 9.54. The van der Waals surface area contributed by atoms with Gasteiger partial charge < -0.3 is 5.32 Å². The van der Waals surface area contributed by atoms with Crippen LogP contribution in [0.3, 0.4) is 0 Å². The van der Waals surface area contributed by atoms with E-state index in [1.165, 1.54) is 4.31 Å². The van der Waals surface area contributed by atoms with Gasteiger partial charge in [-0.05, 0) is 41.1 Å². The fourth-order valence-electron chi connectivity index (χ4n) is 1.76. The zero-order chi connectivity index (χ0) is 14.6. The normalized spacial score (nSPS) is 11.9. The molecule has 0 bridgehead atoms. The van der Waals surface area contributed by atoms with Crippen LogP contribution >= 0.6 is 11.3 Å². The second-order valence-corrected chi connectivity index (χ2v) is 7.20. The highest BCUT2D eigenvalue weighted by molar-refractivity contribution is 7.89. The van der Waals surface area contributed by atoms with Gasteiger partial charge in [0.05, 0.1) is 0 Å². The molecule has 0 atom stereocenters. The van der Waals surface area contributed by atoms with E-state index >= 15 is 0 Å². The number of nitrogens with zero attached hydrogens (tertiary/aromatic N) is 2. The molecule has 5 nitrogen and oxygen atoms in total. The number of rotatable bonds is 6. The molecule has 2 aromatic heterocycles. The molecule has 0 radical (unpaired) electrons. The quantitative estimate of drug-likeness (QED) is 0.882. The zero-order valence-corrected chi connectivity index (χ0v) is 13.0. The van der Waals surface area contributed by atoms with E-state index in [9.17, 15) is 8.42 Å². The highest BCUT2D eigenvalue weighted by Gasteiger charge is 2.22. The number of thiophene rings is 1. The van der Waals surface area contributed by atoms with Crippen molar-refractivity contribution in [1.82, 2.24) is 14.6 Å². The van der Waals surface area contributed by atoms with Crippen molar-refractivity contribution in [2.45, 2.75) is 18.1 Å². The van der Waals surface area contributed by atoms with Crippen molar-refractivity contribution in [3.05, 3.63) is 46.3 Å². The van der Waals surface area contributed by atoms with E-state index in [-0.39, 0.29) is 5.03 Å². The minimum Gasteiger partial charge on any atom is -0.316 e. The van der Waals surface area contributed by atoms with Crippen molar-refractivity contribution in [2.75, 3.05) is 14.1 Å². The third-order valence-corrected chi connectivity index (χ3v) is 5.29. The van der Waals surface area contributed by atoms with Gasteiger partial charge in [0.25, 0.3) is 10.0 Å². The molecule has 108 valence electrons. The van der Waals surface area contributed by atoms with E-state index in [0.717, 1.165) is 11.1 Å². The van der Waals surface area contributed by atoms with Gasteiger partial charge in [0.15, 0.2) is 5.03 Å². The maximum absolute atomic E-state index is 12.4. The van der Waals surface area contributed by atoms with Crippen LogP contribution in [0.2, 0.25) is 0 Å². The van der Waals surface area contributed by atoms with Crippen LogP contribution in [0, 0.1) is 0 Å². The van der Waals surface area contributed by atoms with Crippen LogP contribution in [-0.2, 0) is 23.1 Å². The third kappa shape index (κ3) is 3.43. The average molecular weight is 311 g/mol. The van der Waals surface area contributed by atoms with E-state index in [0.29, 0.717) is 13.1 Å². The molecule has 2 heterocycles. The summed E-state index contributed by atoms with van der Waals surface area (Å²) in [6, 6.07) is 5.24. The number of hydrogen-bond acceptors (Lipinski definition) is 5. The maximum atomic E-state index is 12.4. The third-order valence-electron chi connectivity index (χ3n) is 2.84. The molecule has 2 rings (SSSR count). The van der Waals surface area contributed by atoms with Crippen molar-refractivity contribution in [3.8, 4) is 0 Å². The van der Waals surface area contributed by atoms with E-state index < -0.39 is 10.0 Å². The van der Waals surface area contributed by atoms with E-state index in [1.54, 1.807) is 36.7 Å². The molecule has 2 aromatic rings. The lowest BCUT2D eigenvalue weighted by Crippen LogP contribution is -2.27. The highest BCUT2D eigenvalue weighted by atomic mass is 32.2. The van der Waals surface area contributed by atoms with E-state index in [2.05, 4.69) is 10.3 Å². The lowest BCUT2D eigenvalue weighted by molar-refractivity contribution is 0.464. The van der Waals surface area contributed by atoms with Gasteiger partial charge in [-0.1, -0.05) is 6.07 Å². The Morgan fingerprint density at radius 3 is 2.65 bits per heavy atom. The molecule has 20 heavy (non-hydrogen) atoms. The summed E-state index contributed by atoms with van der Waals surface area (Å²) in [5.41, 5.74) is 1.93. The predicted octanol–water partition coefficient (Wildman–Crippen LogP) is 1.68. The molecule has 0 spiro atoms. The van der Waals surface area contributed by atoms with E-state index in [4.69, 9.17) is 0 Å². The fourth-order valence-corrected chi connectivity index (χ4v) is 3.48. The number of aromatic nitrogens is 1. The molecular weight excluding hydrogens is 294 g/mol. The van der Waals surface area contributed by atoms with E-state index in [1.807, 2.05) is 23.9 Å². The molecule has 0 amide bonds. The largest absolute Gasteiger partial charge is 0.316 e. The van der Waals surface area contributed by atoms with Crippen LogP contribution in [0.15, 0.2) is 40.2 Å². The van der Waals surface area contributed by atoms with Gasteiger partial charge in [-0.15, -0.1) is 0 Å². The molecular formula is C13H17N3O2S2. The first-order valence-electron chi connectivity index (χ1n) is 6.11. The number of nitrogens with one attached hydrogen (secondary N) is 1. The van der Waals surface area contributed by atoms with Gasteiger partial charge in [-0.2, -0.15) is 15.6 Å². The highest BCUT2D eigenvalue weighted by Crippen LogP contribution is 2.16. The Morgan fingerprint density at radius 1 is 1.30 bits per heavy atom. The second-order valence-electron chi connectivity index (χ2n) is 4.43. The van der Waals surface area contributed by atoms with Crippen LogP contribution in [0.1, 0.15) is 11.1 Å². The number of pyridine rings is 1. The minimum absolute atomic E-state index is 0.0788. The molecule has 0 aliphatic rings. The van der Waals surface area contributed by atoms with Crippen LogP contribution in [0.5, 0.6) is 0 Å². The van der Waals surface area contributed by atoms with Gasteiger partial charge in [-0.25, -0.2) is 13.4 Å².